The lowest BCUT2D eigenvalue weighted by Gasteiger charge is -2.07. The summed E-state index contributed by atoms with van der Waals surface area (Å²) in [5.41, 5.74) is 5.92. The summed E-state index contributed by atoms with van der Waals surface area (Å²) in [6.45, 7) is 0. The molecule has 1 fully saturated rings. The molecule has 0 spiro atoms. The van der Waals surface area contributed by atoms with Gasteiger partial charge in [0.25, 0.3) is 0 Å². The third kappa shape index (κ3) is 1.29. The second-order valence-corrected chi connectivity index (χ2v) is 4.03. The van der Waals surface area contributed by atoms with E-state index in [1.807, 2.05) is 0 Å². The van der Waals surface area contributed by atoms with Crippen molar-refractivity contribution in [3.63, 3.8) is 0 Å². The second-order valence-electron chi connectivity index (χ2n) is 4.03. The van der Waals surface area contributed by atoms with E-state index in [4.69, 9.17) is 5.73 Å². The van der Waals surface area contributed by atoms with E-state index in [-0.39, 0.29) is 5.82 Å². The van der Waals surface area contributed by atoms with Gasteiger partial charge in [0.1, 0.15) is 17.2 Å². The standard InChI is InChI=1S/C11H10FN3/c12-8-3-1-2-7-6-14-10(15-9(7)8)11(13)4-5-11/h1-3,6H,4-5,13H2. The molecule has 0 radical (unpaired) electrons. The highest BCUT2D eigenvalue weighted by Crippen LogP contribution is 2.40. The Hall–Kier alpha value is -1.55. The van der Waals surface area contributed by atoms with Crippen molar-refractivity contribution in [3.8, 4) is 0 Å². The third-order valence-corrected chi connectivity index (χ3v) is 2.80. The van der Waals surface area contributed by atoms with E-state index in [1.165, 1.54) is 6.07 Å². The highest BCUT2D eigenvalue weighted by atomic mass is 19.1. The van der Waals surface area contributed by atoms with Crippen molar-refractivity contribution >= 4 is 10.9 Å². The maximum atomic E-state index is 13.4. The summed E-state index contributed by atoms with van der Waals surface area (Å²) in [6, 6.07) is 4.84. The normalized spacial score (nSPS) is 18.0. The lowest BCUT2D eigenvalue weighted by atomic mass is 10.2. The van der Waals surface area contributed by atoms with Crippen LogP contribution in [-0.2, 0) is 5.54 Å². The maximum absolute atomic E-state index is 13.4. The van der Waals surface area contributed by atoms with Crippen molar-refractivity contribution in [3.05, 3.63) is 36.0 Å². The molecule has 0 amide bonds. The van der Waals surface area contributed by atoms with Crippen molar-refractivity contribution in [2.75, 3.05) is 0 Å². The molecule has 0 saturated heterocycles. The number of aromatic nitrogens is 2. The molecule has 0 aliphatic heterocycles. The highest BCUT2D eigenvalue weighted by Gasteiger charge is 2.43. The molecule has 3 rings (SSSR count). The molecule has 76 valence electrons. The molecule has 4 heteroatoms. The van der Waals surface area contributed by atoms with Crippen LogP contribution in [0.1, 0.15) is 18.7 Å². The van der Waals surface area contributed by atoms with Crippen molar-refractivity contribution in [1.29, 1.82) is 0 Å². The topological polar surface area (TPSA) is 51.8 Å². The predicted molar refractivity (Wildman–Crippen MR) is 54.6 cm³/mol. The average Bonchev–Trinajstić information content (AvgIpc) is 2.98. The van der Waals surface area contributed by atoms with Crippen LogP contribution < -0.4 is 5.73 Å². The Kier molecular flexibility index (Phi) is 1.59. The van der Waals surface area contributed by atoms with Gasteiger partial charge in [-0.25, -0.2) is 14.4 Å². The summed E-state index contributed by atoms with van der Waals surface area (Å²) in [6.07, 6.45) is 3.40. The van der Waals surface area contributed by atoms with Crippen LogP contribution in [0.4, 0.5) is 4.39 Å². The van der Waals surface area contributed by atoms with Crippen molar-refractivity contribution in [2.45, 2.75) is 18.4 Å². The Bertz CT molecular complexity index is 534. The van der Waals surface area contributed by atoms with Gasteiger partial charge in [-0.3, -0.25) is 0 Å². The Labute approximate surface area is 86.1 Å². The molecule has 0 unspecified atom stereocenters. The Morgan fingerprint density at radius 3 is 2.87 bits per heavy atom. The van der Waals surface area contributed by atoms with Gasteiger partial charge in [0, 0.05) is 11.6 Å². The maximum Gasteiger partial charge on any atom is 0.149 e. The van der Waals surface area contributed by atoms with Crippen LogP contribution in [-0.4, -0.2) is 9.97 Å². The largest absolute Gasteiger partial charge is 0.319 e. The zero-order valence-electron chi connectivity index (χ0n) is 8.07. The molecule has 1 heterocycles. The molecule has 0 bridgehead atoms. The number of hydrogen-bond acceptors (Lipinski definition) is 3. The minimum atomic E-state index is -0.406. The fraction of sp³-hybridized carbons (Fsp3) is 0.273. The van der Waals surface area contributed by atoms with Crippen molar-refractivity contribution in [1.82, 2.24) is 9.97 Å². The first-order valence-electron chi connectivity index (χ1n) is 4.90. The molecule has 1 aromatic carbocycles. The molecule has 2 aromatic rings. The predicted octanol–water partition coefficient (Wildman–Crippen LogP) is 1.72. The summed E-state index contributed by atoms with van der Waals surface area (Å²) < 4.78 is 13.4. The smallest absolute Gasteiger partial charge is 0.149 e. The fourth-order valence-electron chi connectivity index (χ4n) is 1.62. The number of para-hydroxylation sites is 1. The molecular formula is C11H10FN3. The summed E-state index contributed by atoms with van der Waals surface area (Å²) in [4.78, 5) is 8.38. The first kappa shape index (κ1) is 8.73. The van der Waals surface area contributed by atoms with E-state index < -0.39 is 5.54 Å². The summed E-state index contributed by atoms with van der Waals surface area (Å²) in [7, 11) is 0. The number of nitrogens with zero attached hydrogens (tertiary/aromatic N) is 2. The van der Waals surface area contributed by atoms with Gasteiger partial charge in [-0.2, -0.15) is 0 Å². The fourth-order valence-corrected chi connectivity index (χ4v) is 1.62. The SMILES string of the molecule is NC1(c2ncc3cccc(F)c3n2)CC1. The van der Waals surface area contributed by atoms with E-state index in [0.717, 1.165) is 12.8 Å². The summed E-state index contributed by atoms with van der Waals surface area (Å²) in [5.74, 6) is 0.237. The molecule has 1 aliphatic rings. The average molecular weight is 203 g/mol. The molecule has 0 atom stereocenters. The monoisotopic (exact) mass is 203 g/mol. The minimum absolute atomic E-state index is 0.319. The van der Waals surface area contributed by atoms with Crippen LogP contribution in [0, 0.1) is 5.82 Å². The lowest BCUT2D eigenvalue weighted by Crippen LogP contribution is -2.22. The third-order valence-electron chi connectivity index (χ3n) is 2.80. The van der Waals surface area contributed by atoms with E-state index in [1.54, 1.807) is 18.3 Å². The Morgan fingerprint density at radius 1 is 1.33 bits per heavy atom. The first-order chi connectivity index (χ1) is 7.19. The molecule has 15 heavy (non-hydrogen) atoms. The number of hydrogen-bond donors (Lipinski definition) is 1. The molecular weight excluding hydrogens is 193 g/mol. The minimum Gasteiger partial charge on any atom is -0.319 e. The zero-order valence-corrected chi connectivity index (χ0v) is 8.07. The van der Waals surface area contributed by atoms with Gasteiger partial charge in [-0.1, -0.05) is 12.1 Å². The van der Waals surface area contributed by atoms with Crippen LogP contribution in [0.15, 0.2) is 24.4 Å². The van der Waals surface area contributed by atoms with Gasteiger partial charge in [0.05, 0.1) is 5.54 Å². The van der Waals surface area contributed by atoms with Gasteiger partial charge in [0.2, 0.25) is 0 Å². The molecule has 3 nitrogen and oxygen atoms in total. The number of fused-ring (bicyclic) bond motifs is 1. The quantitative estimate of drug-likeness (QED) is 0.767. The Balaban J connectivity index is 2.25. The van der Waals surface area contributed by atoms with Crippen molar-refractivity contribution < 1.29 is 4.39 Å². The molecule has 1 saturated carbocycles. The van der Waals surface area contributed by atoms with E-state index in [0.29, 0.717) is 16.7 Å². The zero-order chi connectivity index (χ0) is 10.5. The van der Waals surface area contributed by atoms with Crippen LogP contribution >= 0.6 is 0 Å². The summed E-state index contributed by atoms with van der Waals surface area (Å²) >= 11 is 0. The first-order valence-corrected chi connectivity index (χ1v) is 4.90. The van der Waals surface area contributed by atoms with Crippen LogP contribution in [0.25, 0.3) is 10.9 Å². The molecule has 2 N–H and O–H groups in total. The highest BCUT2D eigenvalue weighted by molar-refractivity contribution is 5.78. The van der Waals surface area contributed by atoms with E-state index in [9.17, 15) is 4.39 Å². The van der Waals surface area contributed by atoms with Crippen molar-refractivity contribution in [2.24, 2.45) is 5.73 Å². The van der Waals surface area contributed by atoms with E-state index in [2.05, 4.69) is 9.97 Å². The molecule has 1 aliphatic carbocycles. The number of nitrogens with two attached hydrogens (primary N) is 1. The number of benzene rings is 1. The second kappa shape index (κ2) is 2.73. The van der Waals surface area contributed by atoms with E-state index >= 15 is 0 Å². The summed E-state index contributed by atoms with van der Waals surface area (Å²) in [5, 5.41) is 0.711. The number of halogens is 1. The Morgan fingerprint density at radius 2 is 2.13 bits per heavy atom. The van der Waals surface area contributed by atoms with Crippen LogP contribution in [0.2, 0.25) is 0 Å². The van der Waals surface area contributed by atoms with Gasteiger partial charge in [-0.05, 0) is 18.9 Å². The van der Waals surface area contributed by atoms with Gasteiger partial charge in [0.15, 0.2) is 0 Å². The lowest BCUT2D eigenvalue weighted by molar-refractivity contribution is 0.629. The van der Waals surface area contributed by atoms with Gasteiger partial charge >= 0.3 is 0 Å². The van der Waals surface area contributed by atoms with Gasteiger partial charge < -0.3 is 5.73 Å². The van der Waals surface area contributed by atoms with Crippen LogP contribution in [0.5, 0.6) is 0 Å². The van der Waals surface area contributed by atoms with Crippen LogP contribution in [0.3, 0.4) is 0 Å². The molecule has 1 aromatic heterocycles. The van der Waals surface area contributed by atoms with Gasteiger partial charge in [-0.15, -0.1) is 0 Å². The number of rotatable bonds is 1.